The smallest absolute Gasteiger partial charge is 0.271 e. The molecule has 0 heterocycles. The fraction of sp³-hybridized carbons (Fsp3) is 0.200. The summed E-state index contributed by atoms with van der Waals surface area (Å²) in [6.07, 6.45) is 0. The Morgan fingerprint density at radius 3 is 2.43 bits per heavy atom. The standard InChI is InChI=1S/C15H15ClN2O3/c1-9-5-11(6-10(2)15(9)19)8-17-14-7-12(18(20)21)3-4-13(14)16/h3-7,17,19H,8H2,1-2H3. The molecule has 2 aromatic rings. The first kappa shape index (κ1) is 15.1. The Bertz CT molecular complexity index is 678. The zero-order valence-electron chi connectivity index (χ0n) is 11.7. The van der Waals surface area contributed by atoms with Gasteiger partial charge in [-0.15, -0.1) is 0 Å². The molecule has 2 rings (SSSR count). The van der Waals surface area contributed by atoms with Crippen molar-refractivity contribution in [2.45, 2.75) is 20.4 Å². The molecule has 0 fully saturated rings. The number of benzene rings is 2. The highest BCUT2D eigenvalue weighted by molar-refractivity contribution is 6.33. The lowest BCUT2D eigenvalue weighted by atomic mass is 10.1. The number of aryl methyl sites for hydroxylation is 2. The first-order chi connectivity index (χ1) is 9.88. The Hall–Kier alpha value is -2.27. The van der Waals surface area contributed by atoms with Crippen LogP contribution in [-0.2, 0) is 6.54 Å². The summed E-state index contributed by atoms with van der Waals surface area (Å²) in [6, 6.07) is 7.99. The fourth-order valence-corrected chi connectivity index (χ4v) is 2.29. The molecule has 0 aliphatic heterocycles. The molecule has 0 saturated heterocycles. The van der Waals surface area contributed by atoms with Gasteiger partial charge in [0.2, 0.25) is 0 Å². The lowest BCUT2D eigenvalue weighted by Crippen LogP contribution is -2.01. The third-order valence-electron chi connectivity index (χ3n) is 3.19. The number of nitrogens with one attached hydrogen (secondary N) is 1. The third-order valence-corrected chi connectivity index (χ3v) is 3.52. The number of halogens is 1. The summed E-state index contributed by atoms with van der Waals surface area (Å²) in [4.78, 5) is 10.3. The summed E-state index contributed by atoms with van der Waals surface area (Å²) in [5, 5.41) is 24.0. The average Bonchev–Trinajstić information content (AvgIpc) is 2.43. The van der Waals surface area contributed by atoms with Crippen molar-refractivity contribution in [1.82, 2.24) is 0 Å². The van der Waals surface area contributed by atoms with Crippen molar-refractivity contribution >= 4 is 23.0 Å². The maximum atomic E-state index is 10.8. The number of anilines is 1. The maximum Gasteiger partial charge on any atom is 0.271 e. The molecule has 5 nitrogen and oxygen atoms in total. The van der Waals surface area contributed by atoms with E-state index in [-0.39, 0.29) is 11.4 Å². The minimum absolute atomic E-state index is 0.0139. The SMILES string of the molecule is Cc1cc(CNc2cc([N+](=O)[O-])ccc2Cl)cc(C)c1O. The van der Waals surface area contributed by atoms with Gasteiger partial charge in [-0.25, -0.2) is 0 Å². The van der Waals surface area contributed by atoms with Crippen LogP contribution in [0.2, 0.25) is 5.02 Å². The number of non-ortho nitro benzene ring substituents is 1. The van der Waals surface area contributed by atoms with Gasteiger partial charge in [-0.1, -0.05) is 23.7 Å². The van der Waals surface area contributed by atoms with Gasteiger partial charge < -0.3 is 10.4 Å². The second-order valence-electron chi connectivity index (χ2n) is 4.85. The van der Waals surface area contributed by atoms with Gasteiger partial charge in [0.1, 0.15) is 5.75 Å². The molecular weight excluding hydrogens is 292 g/mol. The van der Waals surface area contributed by atoms with E-state index in [1.165, 1.54) is 18.2 Å². The quantitative estimate of drug-likeness (QED) is 0.656. The van der Waals surface area contributed by atoms with Crippen molar-refractivity contribution in [3.8, 4) is 5.75 Å². The van der Waals surface area contributed by atoms with Crippen LogP contribution in [0, 0.1) is 24.0 Å². The highest BCUT2D eigenvalue weighted by Crippen LogP contribution is 2.28. The predicted octanol–water partition coefficient (Wildman–Crippen LogP) is 4.18. The topological polar surface area (TPSA) is 75.4 Å². The molecule has 21 heavy (non-hydrogen) atoms. The van der Waals surface area contributed by atoms with Crippen LogP contribution in [0.15, 0.2) is 30.3 Å². The number of nitro benzene ring substituents is 1. The third kappa shape index (κ3) is 3.44. The Balaban J connectivity index is 2.20. The maximum absolute atomic E-state index is 10.8. The van der Waals surface area contributed by atoms with Gasteiger partial charge in [0, 0.05) is 18.7 Å². The van der Waals surface area contributed by atoms with Crippen LogP contribution < -0.4 is 5.32 Å². The van der Waals surface area contributed by atoms with Gasteiger partial charge in [-0.05, 0) is 36.6 Å². The van der Waals surface area contributed by atoms with Crippen LogP contribution in [0.25, 0.3) is 0 Å². The van der Waals surface area contributed by atoms with Gasteiger partial charge in [-0.3, -0.25) is 10.1 Å². The summed E-state index contributed by atoms with van der Waals surface area (Å²) < 4.78 is 0. The first-order valence-corrected chi connectivity index (χ1v) is 6.73. The molecule has 0 aliphatic rings. The number of nitro groups is 1. The Morgan fingerprint density at radius 1 is 1.24 bits per heavy atom. The first-order valence-electron chi connectivity index (χ1n) is 6.35. The van der Waals surface area contributed by atoms with Crippen LogP contribution in [0.3, 0.4) is 0 Å². The van der Waals surface area contributed by atoms with Crippen molar-refractivity contribution in [3.05, 3.63) is 62.2 Å². The van der Waals surface area contributed by atoms with Crippen molar-refractivity contribution in [1.29, 1.82) is 0 Å². The van der Waals surface area contributed by atoms with E-state index < -0.39 is 4.92 Å². The Morgan fingerprint density at radius 2 is 1.86 bits per heavy atom. The lowest BCUT2D eigenvalue weighted by Gasteiger charge is -2.11. The minimum atomic E-state index is -0.462. The number of aromatic hydroxyl groups is 1. The van der Waals surface area contributed by atoms with E-state index in [0.29, 0.717) is 17.3 Å². The highest BCUT2D eigenvalue weighted by Gasteiger charge is 2.10. The van der Waals surface area contributed by atoms with Gasteiger partial charge in [-0.2, -0.15) is 0 Å². The zero-order chi connectivity index (χ0) is 15.6. The molecule has 0 radical (unpaired) electrons. The van der Waals surface area contributed by atoms with Crippen molar-refractivity contribution in [2.75, 3.05) is 5.32 Å². The molecule has 2 aromatic carbocycles. The van der Waals surface area contributed by atoms with Gasteiger partial charge >= 0.3 is 0 Å². The van der Waals surface area contributed by atoms with Crippen molar-refractivity contribution < 1.29 is 10.0 Å². The van der Waals surface area contributed by atoms with Crippen molar-refractivity contribution in [3.63, 3.8) is 0 Å². The summed E-state index contributed by atoms with van der Waals surface area (Å²) in [7, 11) is 0. The second kappa shape index (κ2) is 6.01. The van der Waals surface area contributed by atoms with Gasteiger partial charge in [0.05, 0.1) is 15.6 Å². The number of phenolic OH excluding ortho intramolecular Hbond substituents is 1. The molecule has 0 atom stereocenters. The van der Waals surface area contributed by atoms with E-state index in [2.05, 4.69) is 5.32 Å². The van der Waals surface area contributed by atoms with E-state index >= 15 is 0 Å². The number of hydrogen-bond donors (Lipinski definition) is 2. The molecule has 0 spiro atoms. The molecule has 0 unspecified atom stereocenters. The number of nitrogens with zero attached hydrogens (tertiary/aromatic N) is 1. The Kier molecular flexibility index (Phi) is 4.33. The molecule has 0 aromatic heterocycles. The predicted molar refractivity (Wildman–Crippen MR) is 83.0 cm³/mol. The van der Waals surface area contributed by atoms with Crippen LogP contribution in [-0.4, -0.2) is 10.0 Å². The fourth-order valence-electron chi connectivity index (χ4n) is 2.11. The van der Waals surface area contributed by atoms with Crippen molar-refractivity contribution in [2.24, 2.45) is 0 Å². The van der Waals surface area contributed by atoms with Crippen LogP contribution in [0.4, 0.5) is 11.4 Å². The van der Waals surface area contributed by atoms with E-state index in [1.807, 2.05) is 26.0 Å². The van der Waals surface area contributed by atoms with Gasteiger partial charge in [0.25, 0.3) is 5.69 Å². The molecule has 0 bridgehead atoms. The summed E-state index contributed by atoms with van der Waals surface area (Å²) in [6.45, 7) is 4.11. The van der Waals surface area contributed by atoms with Gasteiger partial charge in [0.15, 0.2) is 0 Å². The van der Waals surface area contributed by atoms with E-state index in [4.69, 9.17) is 11.6 Å². The van der Waals surface area contributed by atoms with E-state index in [0.717, 1.165) is 16.7 Å². The molecule has 6 heteroatoms. The van der Waals surface area contributed by atoms with Crippen LogP contribution in [0.5, 0.6) is 5.75 Å². The largest absolute Gasteiger partial charge is 0.507 e. The molecule has 0 aliphatic carbocycles. The summed E-state index contributed by atoms with van der Waals surface area (Å²) >= 11 is 6.03. The molecule has 110 valence electrons. The van der Waals surface area contributed by atoms with E-state index in [1.54, 1.807) is 0 Å². The molecule has 0 saturated carbocycles. The molecule has 0 amide bonds. The minimum Gasteiger partial charge on any atom is -0.507 e. The second-order valence-corrected chi connectivity index (χ2v) is 5.26. The zero-order valence-corrected chi connectivity index (χ0v) is 12.4. The average molecular weight is 307 g/mol. The van der Waals surface area contributed by atoms with E-state index in [9.17, 15) is 15.2 Å². The number of phenols is 1. The molecule has 2 N–H and O–H groups in total. The normalized spacial score (nSPS) is 10.4. The lowest BCUT2D eigenvalue weighted by molar-refractivity contribution is -0.384. The number of rotatable bonds is 4. The van der Waals surface area contributed by atoms with Crippen LogP contribution in [0.1, 0.15) is 16.7 Å². The number of hydrogen-bond acceptors (Lipinski definition) is 4. The molecular formula is C15H15ClN2O3. The summed E-state index contributed by atoms with van der Waals surface area (Å²) in [5.74, 6) is 0.284. The van der Waals surface area contributed by atoms with Crippen LogP contribution >= 0.6 is 11.6 Å². The Labute approximate surface area is 127 Å². The monoisotopic (exact) mass is 306 g/mol. The highest BCUT2D eigenvalue weighted by atomic mass is 35.5. The summed E-state index contributed by atoms with van der Waals surface area (Å²) in [5.41, 5.74) is 3.04.